The van der Waals surface area contributed by atoms with E-state index in [4.69, 9.17) is 0 Å². The summed E-state index contributed by atoms with van der Waals surface area (Å²) in [6, 6.07) is 0. The summed E-state index contributed by atoms with van der Waals surface area (Å²) in [5, 5.41) is 0. The lowest BCUT2D eigenvalue weighted by atomic mass is 10.3. The highest BCUT2D eigenvalue weighted by atomic mass is 16.2. The third kappa shape index (κ3) is 1.93. The summed E-state index contributed by atoms with van der Waals surface area (Å²) in [6.07, 6.45) is 3.39. The fourth-order valence-corrected chi connectivity index (χ4v) is 1.18. The summed E-state index contributed by atoms with van der Waals surface area (Å²) in [5.41, 5.74) is 0.917. The molecule has 1 fully saturated rings. The average Bonchev–Trinajstić information content (AvgIpc) is 2.37. The van der Waals surface area contributed by atoms with Crippen molar-refractivity contribution in [2.45, 2.75) is 12.8 Å². The molecule has 1 heterocycles. The van der Waals surface area contributed by atoms with Crippen LogP contribution in [0.3, 0.4) is 0 Å². The Labute approximate surface area is 67.2 Å². The molecular weight excluding hydrogens is 138 g/mol. The van der Waals surface area contributed by atoms with Crippen molar-refractivity contribution in [1.82, 2.24) is 4.90 Å². The minimum atomic E-state index is 0.244. The van der Waals surface area contributed by atoms with Gasteiger partial charge in [0, 0.05) is 19.5 Å². The van der Waals surface area contributed by atoms with E-state index in [0.717, 1.165) is 18.5 Å². The second-order valence-electron chi connectivity index (χ2n) is 2.78. The molecule has 11 heavy (non-hydrogen) atoms. The van der Waals surface area contributed by atoms with E-state index in [1.807, 2.05) is 4.90 Å². The van der Waals surface area contributed by atoms with Gasteiger partial charge in [-0.05, 0) is 12.0 Å². The standard InChI is InChI=1S/C9H13NO/c1-3-8(2)7-10-6-4-5-9(10)11/h3H,1-2,4-7H2. The average molecular weight is 151 g/mol. The van der Waals surface area contributed by atoms with Crippen molar-refractivity contribution in [3.05, 3.63) is 24.8 Å². The van der Waals surface area contributed by atoms with Gasteiger partial charge in [0.05, 0.1) is 0 Å². The monoisotopic (exact) mass is 151 g/mol. The fraction of sp³-hybridized carbons (Fsp3) is 0.444. The Morgan fingerprint density at radius 1 is 1.73 bits per heavy atom. The number of carbonyl (C=O) groups is 1. The number of hydrogen-bond acceptors (Lipinski definition) is 1. The molecule has 60 valence electrons. The number of hydrogen-bond donors (Lipinski definition) is 0. The molecule has 1 aliphatic rings. The highest BCUT2D eigenvalue weighted by molar-refractivity contribution is 5.78. The lowest BCUT2D eigenvalue weighted by Crippen LogP contribution is -2.26. The molecule has 0 unspecified atom stereocenters. The van der Waals surface area contributed by atoms with Gasteiger partial charge in [0.25, 0.3) is 0 Å². The van der Waals surface area contributed by atoms with Crippen LogP contribution >= 0.6 is 0 Å². The zero-order valence-corrected chi connectivity index (χ0v) is 6.68. The van der Waals surface area contributed by atoms with Crippen LogP contribution in [0, 0.1) is 0 Å². The summed E-state index contributed by atoms with van der Waals surface area (Å²) >= 11 is 0. The first-order valence-electron chi connectivity index (χ1n) is 3.82. The number of carbonyl (C=O) groups excluding carboxylic acids is 1. The van der Waals surface area contributed by atoms with E-state index < -0.39 is 0 Å². The SMILES string of the molecule is C=CC(=C)CN1CCCC1=O. The van der Waals surface area contributed by atoms with Crippen molar-refractivity contribution in [2.75, 3.05) is 13.1 Å². The third-order valence-corrected chi connectivity index (χ3v) is 1.85. The lowest BCUT2D eigenvalue weighted by Gasteiger charge is -2.14. The molecule has 0 spiro atoms. The lowest BCUT2D eigenvalue weighted by molar-refractivity contribution is -0.127. The van der Waals surface area contributed by atoms with E-state index in [1.165, 1.54) is 0 Å². The van der Waals surface area contributed by atoms with Gasteiger partial charge in [0.1, 0.15) is 0 Å². The van der Waals surface area contributed by atoms with E-state index in [1.54, 1.807) is 6.08 Å². The molecule has 0 aromatic heterocycles. The predicted octanol–water partition coefficient (Wildman–Crippen LogP) is 1.35. The van der Waals surface area contributed by atoms with Gasteiger partial charge < -0.3 is 4.90 Å². The van der Waals surface area contributed by atoms with E-state index in [-0.39, 0.29) is 5.91 Å². The fourth-order valence-electron chi connectivity index (χ4n) is 1.18. The molecule has 0 bridgehead atoms. The maximum Gasteiger partial charge on any atom is 0.222 e. The van der Waals surface area contributed by atoms with E-state index >= 15 is 0 Å². The summed E-state index contributed by atoms with van der Waals surface area (Å²) in [7, 11) is 0. The summed E-state index contributed by atoms with van der Waals surface area (Å²) < 4.78 is 0. The zero-order valence-electron chi connectivity index (χ0n) is 6.68. The maximum atomic E-state index is 11.1. The Hall–Kier alpha value is -1.05. The Kier molecular flexibility index (Phi) is 2.47. The topological polar surface area (TPSA) is 20.3 Å². The molecule has 0 aliphatic carbocycles. The van der Waals surface area contributed by atoms with Gasteiger partial charge in [-0.2, -0.15) is 0 Å². The van der Waals surface area contributed by atoms with Crippen LogP contribution in [0.5, 0.6) is 0 Å². The smallest absolute Gasteiger partial charge is 0.222 e. The largest absolute Gasteiger partial charge is 0.338 e. The molecule has 0 N–H and O–H groups in total. The van der Waals surface area contributed by atoms with Crippen molar-refractivity contribution >= 4 is 5.91 Å². The van der Waals surface area contributed by atoms with Gasteiger partial charge in [0.15, 0.2) is 0 Å². The first kappa shape index (κ1) is 8.05. The molecule has 1 aliphatic heterocycles. The number of nitrogens with zero attached hydrogens (tertiary/aromatic N) is 1. The molecule has 0 radical (unpaired) electrons. The van der Waals surface area contributed by atoms with Crippen molar-refractivity contribution in [3.8, 4) is 0 Å². The summed E-state index contributed by atoms with van der Waals surface area (Å²) in [4.78, 5) is 12.9. The highest BCUT2D eigenvalue weighted by Crippen LogP contribution is 2.10. The molecule has 0 aromatic carbocycles. The van der Waals surface area contributed by atoms with E-state index in [2.05, 4.69) is 13.2 Å². The number of rotatable bonds is 3. The Bertz CT molecular complexity index is 196. The van der Waals surface area contributed by atoms with Crippen molar-refractivity contribution < 1.29 is 4.79 Å². The second-order valence-corrected chi connectivity index (χ2v) is 2.78. The first-order chi connectivity index (χ1) is 5.24. The molecule has 1 amide bonds. The predicted molar refractivity (Wildman–Crippen MR) is 45.2 cm³/mol. The second kappa shape index (κ2) is 3.37. The van der Waals surface area contributed by atoms with Gasteiger partial charge in [-0.25, -0.2) is 0 Å². The van der Waals surface area contributed by atoms with Crippen LogP contribution in [0.4, 0.5) is 0 Å². The van der Waals surface area contributed by atoms with Crippen molar-refractivity contribution in [3.63, 3.8) is 0 Å². The molecule has 2 heteroatoms. The van der Waals surface area contributed by atoms with Crippen LogP contribution in [0.15, 0.2) is 24.8 Å². The van der Waals surface area contributed by atoms with Crippen LogP contribution in [0.2, 0.25) is 0 Å². The van der Waals surface area contributed by atoms with E-state index in [0.29, 0.717) is 13.0 Å². The van der Waals surface area contributed by atoms with Gasteiger partial charge in [0.2, 0.25) is 5.91 Å². The minimum Gasteiger partial charge on any atom is -0.338 e. The summed E-state index contributed by atoms with van der Waals surface area (Å²) in [6.45, 7) is 8.89. The van der Waals surface area contributed by atoms with Crippen LogP contribution in [-0.2, 0) is 4.79 Å². The Balaban J connectivity index is 2.42. The first-order valence-corrected chi connectivity index (χ1v) is 3.82. The van der Waals surface area contributed by atoms with Crippen LogP contribution < -0.4 is 0 Å². The van der Waals surface area contributed by atoms with Gasteiger partial charge in [-0.1, -0.05) is 19.2 Å². The number of likely N-dealkylation sites (tertiary alicyclic amines) is 1. The Morgan fingerprint density at radius 2 is 2.45 bits per heavy atom. The van der Waals surface area contributed by atoms with Crippen LogP contribution in [0.1, 0.15) is 12.8 Å². The van der Waals surface area contributed by atoms with Gasteiger partial charge in [-0.3, -0.25) is 4.79 Å². The minimum absolute atomic E-state index is 0.244. The molecular formula is C9H13NO. The maximum absolute atomic E-state index is 11.1. The van der Waals surface area contributed by atoms with E-state index in [9.17, 15) is 4.79 Å². The normalized spacial score (nSPS) is 17.1. The highest BCUT2D eigenvalue weighted by Gasteiger charge is 2.19. The number of amides is 1. The van der Waals surface area contributed by atoms with Crippen LogP contribution in [0.25, 0.3) is 0 Å². The van der Waals surface area contributed by atoms with Crippen LogP contribution in [-0.4, -0.2) is 23.9 Å². The molecule has 1 saturated heterocycles. The van der Waals surface area contributed by atoms with Gasteiger partial charge in [-0.15, -0.1) is 0 Å². The Morgan fingerprint density at radius 3 is 2.91 bits per heavy atom. The van der Waals surface area contributed by atoms with Crippen molar-refractivity contribution in [2.24, 2.45) is 0 Å². The van der Waals surface area contributed by atoms with Gasteiger partial charge >= 0.3 is 0 Å². The third-order valence-electron chi connectivity index (χ3n) is 1.85. The molecule has 0 aromatic rings. The molecule has 0 atom stereocenters. The molecule has 1 rings (SSSR count). The zero-order chi connectivity index (χ0) is 8.27. The quantitative estimate of drug-likeness (QED) is 0.557. The van der Waals surface area contributed by atoms with Crippen molar-refractivity contribution in [1.29, 1.82) is 0 Å². The molecule has 2 nitrogen and oxygen atoms in total. The summed E-state index contributed by atoms with van der Waals surface area (Å²) in [5.74, 6) is 0.244. The molecule has 0 saturated carbocycles.